The molecular weight excluding hydrogens is 480 g/mol. The van der Waals surface area contributed by atoms with Crippen LogP contribution in [0, 0.1) is 0 Å². The van der Waals surface area contributed by atoms with Gasteiger partial charge in [0.1, 0.15) is 12.2 Å². The number of carbonyl (C=O) groups excluding carboxylic acids is 2. The van der Waals surface area contributed by atoms with Gasteiger partial charge in [0.2, 0.25) is 0 Å². The number of aliphatic hydroxyl groups excluding tert-OH is 1. The van der Waals surface area contributed by atoms with E-state index in [1.54, 1.807) is 20.8 Å². The maximum Gasteiger partial charge on any atom is 0.410 e. The third-order valence-corrected chi connectivity index (χ3v) is 7.08. The Morgan fingerprint density at radius 2 is 1.47 bits per heavy atom. The molecule has 7 heteroatoms. The molecule has 1 fully saturated rings. The van der Waals surface area contributed by atoms with Gasteiger partial charge in [-0.25, -0.2) is 9.59 Å². The lowest BCUT2D eigenvalue weighted by Gasteiger charge is -2.30. The van der Waals surface area contributed by atoms with Gasteiger partial charge in [0.15, 0.2) is 0 Å². The first-order valence-corrected chi connectivity index (χ1v) is 13.0. The molecule has 3 aromatic carbocycles. The summed E-state index contributed by atoms with van der Waals surface area (Å²) in [5.74, 6) is -0.0725. The van der Waals surface area contributed by atoms with E-state index in [9.17, 15) is 14.7 Å². The number of aliphatic hydroxyl groups is 1. The summed E-state index contributed by atoms with van der Waals surface area (Å²) in [5.41, 5.74) is 4.83. The molecule has 0 spiro atoms. The van der Waals surface area contributed by atoms with E-state index in [0.717, 1.165) is 27.8 Å². The van der Waals surface area contributed by atoms with Crippen molar-refractivity contribution >= 4 is 12.2 Å². The molecular formula is C31H34N2O5. The Kier molecular flexibility index (Phi) is 7.13. The number of hydrogen-bond acceptors (Lipinski definition) is 5. The molecule has 1 aliphatic heterocycles. The second kappa shape index (κ2) is 10.5. The third kappa shape index (κ3) is 5.38. The molecule has 2 aliphatic rings. The molecule has 2 amide bonds. The van der Waals surface area contributed by atoms with E-state index in [2.05, 4.69) is 24.3 Å². The van der Waals surface area contributed by atoms with Gasteiger partial charge in [-0.05, 0) is 48.6 Å². The van der Waals surface area contributed by atoms with Crippen LogP contribution in [0.25, 0.3) is 11.1 Å². The van der Waals surface area contributed by atoms with Crippen molar-refractivity contribution in [1.29, 1.82) is 0 Å². The summed E-state index contributed by atoms with van der Waals surface area (Å²) in [6, 6.07) is 25.3. The van der Waals surface area contributed by atoms with Crippen molar-refractivity contribution in [2.75, 3.05) is 19.7 Å². The molecule has 1 heterocycles. The Balaban J connectivity index is 1.35. The van der Waals surface area contributed by atoms with Gasteiger partial charge in [0.25, 0.3) is 0 Å². The molecule has 1 aliphatic carbocycles. The molecule has 1 saturated heterocycles. The number of fused-ring (bicyclic) bond motifs is 3. The van der Waals surface area contributed by atoms with E-state index in [-0.39, 0.29) is 32.2 Å². The van der Waals surface area contributed by atoms with Crippen molar-refractivity contribution in [2.45, 2.75) is 51.0 Å². The van der Waals surface area contributed by atoms with Crippen LogP contribution in [-0.2, 0) is 16.0 Å². The summed E-state index contributed by atoms with van der Waals surface area (Å²) in [5, 5.41) is 10.9. The zero-order valence-electron chi connectivity index (χ0n) is 22.0. The number of benzene rings is 3. The standard InChI is InChI=1S/C31H34N2O5/c1-31(2,3)38-29(35)32-18-27(28(34)19-32)33(17-21-11-5-4-6-12-21)30(36)37-20-26-24-15-9-7-13-22(24)23-14-8-10-16-25(23)26/h4-16,26-28,34H,17-20H2,1-3H3/t27-,28-/m1/s1. The van der Waals surface area contributed by atoms with Gasteiger partial charge in [0, 0.05) is 19.0 Å². The van der Waals surface area contributed by atoms with E-state index in [4.69, 9.17) is 9.47 Å². The fraction of sp³-hybridized carbons (Fsp3) is 0.355. The molecule has 0 saturated carbocycles. The quantitative estimate of drug-likeness (QED) is 0.492. The molecule has 38 heavy (non-hydrogen) atoms. The molecule has 7 nitrogen and oxygen atoms in total. The minimum Gasteiger partial charge on any atom is -0.448 e. The normalized spacial score (nSPS) is 18.6. The molecule has 0 bridgehead atoms. The number of amides is 2. The zero-order valence-corrected chi connectivity index (χ0v) is 22.0. The highest BCUT2D eigenvalue weighted by Gasteiger charge is 2.42. The lowest BCUT2D eigenvalue weighted by molar-refractivity contribution is 0.0267. The smallest absolute Gasteiger partial charge is 0.410 e. The second-order valence-electron chi connectivity index (χ2n) is 10.9. The molecule has 198 valence electrons. The minimum atomic E-state index is -0.924. The number of rotatable bonds is 5. The van der Waals surface area contributed by atoms with E-state index in [0.29, 0.717) is 0 Å². The van der Waals surface area contributed by atoms with E-state index < -0.39 is 29.9 Å². The average Bonchev–Trinajstić information content (AvgIpc) is 3.43. The first-order valence-electron chi connectivity index (χ1n) is 13.0. The van der Waals surface area contributed by atoms with Crippen molar-refractivity contribution in [3.8, 4) is 11.1 Å². The topological polar surface area (TPSA) is 79.3 Å². The Hall–Kier alpha value is -3.84. The second-order valence-corrected chi connectivity index (χ2v) is 10.9. The Labute approximate surface area is 223 Å². The summed E-state index contributed by atoms with van der Waals surface area (Å²) < 4.78 is 11.5. The molecule has 1 N–H and O–H groups in total. The summed E-state index contributed by atoms with van der Waals surface area (Å²) >= 11 is 0. The summed E-state index contributed by atoms with van der Waals surface area (Å²) in [6.45, 7) is 6.07. The predicted molar refractivity (Wildman–Crippen MR) is 145 cm³/mol. The van der Waals surface area contributed by atoms with Crippen LogP contribution < -0.4 is 0 Å². The van der Waals surface area contributed by atoms with Crippen LogP contribution in [0.5, 0.6) is 0 Å². The lowest BCUT2D eigenvalue weighted by atomic mass is 9.98. The number of ether oxygens (including phenoxy) is 2. The van der Waals surface area contributed by atoms with Gasteiger partial charge < -0.3 is 19.5 Å². The zero-order chi connectivity index (χ0) is 26.9. The number of carbonyl (C=O) groups is 2. The maximum absolute atomic E-state index is 13.6. The Bertz CT molecular complexity index is 1260. The molecule has 0 unspecified atom stereocenters. The minimum absolute atomic E-state index is 0.0725. The maximum atomic E-state index is 13.6. The summed E-state index contributed by atoms with van der Waals surface area (Å²) in [6.07, 6.45) is -1.95. The number of likely N-dealkylation sites (tertiary alicyclic amines) is 1. The van der Waals surface area contributed by atoms with E-state index in [1.165, 1.54) is 9.80 Å². The van der Waals surface area contributed by atoms with Gasteiger partial charge in [-0.15, -0.1) is 0 Å². The Morgan fingerprint density at radius 3 is 2.08 bits per heavy atom. The van der Waals surface area contributed by atoms with Crippen LogP contribution in [0.1, 0.15) is 43.4 Å². The molecule has 0 radical (unpaired) electrons. The van der Waals surface area contributed by atoms with Crippen molar-refractivity contribution < 1.29 is 24.2 Å². The monoisotopic (exact) mass is 514 g/mol. The van der Waals surface area contributed by atoms with Crippen molar-refractivity contribution in [3.05, 3.63) is 95.6 Å². The number of β-amino-alcohol motifs (C(OH)–C–C–N with tert-alkyl or cyclic N) is 1. The van der Waals surface area contributed by atoms with Gasteiger partial charge >= 0.3 is 12.2 Å². The lowest BCUT2D eigenvalue weighted by Crippen LogP contribution is -2.47. The summed E-state index contributed by atoms with van der Waals surface area (Å²) in [7, 11) is 0. The molecule has 0 aromatic heterocycles. The highest BCUT2D eigenvalue weighted by Crippen LogP contribution is 2.44. The highest BCUT2D eigenvalue weighted by molar-refractivity contribution is 5.79. The first-order chi connectivity index (χ1) is 18.2. The van der Waals surface area contributed by atoms with Crippen LogP contribution in [0.15, 0.2) is 78.9 Å². The average molecular weight is 515 g/mol. The largest absolute Gasteiger partial charge is 0.448 e. The molecule has 3 aromatic rings. The van der Waals surface area contributed by atoms with Gasteiger partial charge in [-0.2, -0.15) is 0 Å². The van der Waals surface area contributed by atoms with Crippen molar-refractivity contribution in [2.24, 2.45) is 0 Å². The van der Waals surface area contributed by atoms with Crippen molar-refractivity contribution in [3.63, 3.8) is 0 Å². The number of hydrogen-bond donors (Lipinski definition) is 1. The van der Waals surface area contributed by atoms with Crippen LogP contribution in [-0.4, -0.2) is 64.5 Å². The summed E-state index contributed by atoms with van der Waals surface area (Å²) in [4.78, 5) is 29.3. The predicted octanol–water partition coefficient (Wildman–Crippen LogP) is 5.42. The number of nitrogens with zero attached hydrogens (tertiary/aromatic N) is 2. The molecule has 5 rings (SSSR count). The van der Waals surface area contributed by atoms with Gasteiger partial charge in [-0.1, -0.05) is 78.9 Å². The van der Waals surface area contributed by atoms with Gasteiger partial charge in [-0.3, -0.25) is 4.90 Å². The van der Waals surface area contributed by atoms with Gasteiger partial charge in [0.05, 0.1) is 18.7 Å². The van der Waals surface area contributed by atoms with E-state index >= 15 is 0 Å². The van der Waals surface area contributed by atoms with Crippen molar-refractivity contribution in [1.82, 2.24) is 9.80 Å². The van der Waals surface area contributed by atoms with Crippen LogP contribution in [0.2, 0.25) is 0 Å². The van der Waals surface area contributed by atoms with Crippen LogP contribution >= 0.6 is 0 Å². The first kappa shape index (κ1) is 25.8. The van der Waals surface area contributed by atoms with Crippen LogP contribution in [0.4, 0.5) is 9.59 Å². The molecule has 2 atom stereocenters. The van der Waals surface area contributed by atoms with Crippen LogP contribution in [0.3, 0.4) is 0 Å². The Morgan fingerprint density at radius 1 is 0.895 bits per heavy atom. The SMILES string of the molecule is CC(C)(C)OC(=O)N1C[C@@H](O)[C@H](N(Cc2ccccc2)C(=O)OCC2c3ccccc3-c3ccccc32)C1. The highest BCUT2D eigenvalue weighted by atomic mass is 16.6. The fourth-order valence-electron chi connectivity index (χ4n) is 5.33. The third-order valence-electron chi connectivity index (χ3n) is 7.08. The fourth-order valence-corrected chi connectivity index (χ4v) is 5.33. The van der Waals surface area contributed by atoms with E-state index in [1.807, 2.05) is 54.6 Å².